The molecule has 0 aliphatic rings. The Balaban J connectivity index is 4.54. The van der Waals surface area contributed by atoms with Crippen molar-refractivity contribution in [3.63, 3.8) is 0 Å². The number of hydrogen-bond acceptors (Lipinski definition) is 6. The predicted octanol–water partition coefficient (Wildman–Crippen LogP) is 16.0. The zero-order valence-electron chi connectivity index (χ0n) is 39.1. The minimum absolute atomic E-state index is 0.114. The van der Waals surface area contributed by atoms with Crippen LogP contribution < -0.4 is 0 Å². The summed E-state index contributed by atoms with van der Waals surface area (Å²) in [4.78, 5) is 37.9. The molecule has 0 amide bonds. The normalized spacial score (nSPS) is 13.0. The van der Waals surface area contributed by atoms with Gasteiger partial charge < -0.3 is 14.2 Å². The third-order valence-electron chi connectivity index (χ3n) is 9.90. The molecule has 0 radical (unpaired) electrons. The third-order valence-corrected chi connectivity index (χ3v) is 9.90. The van der Waals surface area contributed by atoms with Gasteiger partial charge in [-0.1, -0.05) is 201 Å². The van der Waals surface area contributed by atoms with Crippen molar-refractivity contribution in [3.05, 3.63) is 109 Å². The highest BCUT2D eigenvalue weighted by atomic mass is 16.6. The first-order chi connectivity index (χ1) is 30.0. The van der Waals surface area contributed by atoms with E-state index in [-0.39, 0.29) is 37.5 Å². The number of rotatable bonds is 42. The lowest BCUT2D eigenvalue weighted by molar-refractivity contribution is -0.167. The van der Waals surface area contributed by atoms with E-state index in [1.54, 1.807) is 0 Å². The molecule has 0 rings (SSSR count). The van der Waals surface area contributed by atoms with E-state index in [2.05, 4.69) is 81.5 Å². The highest BCUT2D eigenvalue weighted by Crippen LogP contribution is 2.12. The molecule has 0 N–H and O–H groups in total. The van der Waals surface area contributed by atoms with Gasteiger partial charge in [-0.2, -0.15) is 0 Å². The van der Waals surface area contributed by atoms with Crippen molar-refractivity contribution in [3.8, 4) is 0 Å². The molecule has 1 atom stereocenters. The molecule has 1 unspecified atom stereocenters. The Labute approximate surface area is 374 Å². The third kappa shape index (κ3) is 47.0. The molecule has 0 saturated carbocycles. The molecular weight excluding hydrogens is 757 g/mol. The molecule has 0 aromatic carbocycles. The van der Waals surface area contributed by atoms with Crippen molar-refractivity contribution >= 4 is 17.9 Å². The molecule has 0 aromatic rings. The van der Waals surface area contributed by atoms with Crippen molar-refractivity contribution < 1.29 is 28.6 Å². The molecule has 344 valence electrons. The summed E-state index contributed by atoms with van der Waals surface area (Å²) in [6.07, 6.45) is 65.0. The summed E-state index contributed by atoms with van der Waals surface area (Å²) in [5.41, 5.74) is 0. The summed E-state index contributed by atoms with van der Waals surface area (Å²) in [5, 5.41) is 0. The lowest BCUT2D eigenvalue weighted by Crippen LogP contribution is -2.30. The first kappa shape index (κ1) is 57.1. The van der Waals surface area contributed by atoms with Crippen molar-refractivity contribution in [1.29, 1.82) is 0 Å². The van der Waals surface area contributed by atoms with Gasteiger partial charge in [0.1, 0.15) is 13.2 Å². The van der Waals surface area contributed by atoms with Crippen LogP contribution in [0.1, 0.15) is 201 Å². The Morgan fingerprint density at radius 2 is 0.721 bits per heavy atom. The van der Waals surface area contributed by atoms with E-state index in [1.165, 1.54) is 44.9 Å². The average Bonchev–Trinajstić information content (AvgIpc) is 3.26. The van der Waals surface area contributed by atoms with Crippen LogP contribution >= 0.6 is 0 Å². The van der Waals surface area contributed by atoms with Gasteiger partial charge in [-0.05, 0) is 89.9 Å². The van der Waals surface area contributed by atoms with E-state index in [0.29, 0.717) is 19.3 Å². The Kier molecular flexibility index (Phi) is 45.6. The average molecular weight is 845 g/mol. The molecule has 0 bridgehead atoms. The summed E-state index contributed by atoms with van der Waals surface area (Å²) >= 11 is 0. The van der Waals surface area contributed by atoms with E-state index < -0.39 is 6.10 Å². The molecule has 0 aliphatic heterocycles. The maximum atomic E-state index is 12.8. The second kappa shape index (κ2) is 48.7. The molecule has 6 nitrogen and oxygen atoms in total. The zero-order chi connectivity index (χ0) is 44.4. The molecule has 6 heteroatoms. The maximum Gasteiger partial charge on any atom is 0.306 e. The van der Waals surface area contributed by atoms with Crippen molar-refractivity contribution in [2.24, 2.45) is 0 Å². The molecule has 61 heavy (non-hydrogen) atoms. The fourth-order valence-electron chi connectivity index (χ4n) is 6.25. The molecule has 0 aliphatic carbocycles. The summed E-state index contributed by atoms with van der Waals surface area (Å²) < 4.78 is 16.7. The predicted molar refractivity (Wildman–Crippen MR) is 260 cm³/mol. The number of ether oxygens (including phenoxy) is 3. The second-order valence-corrected chi connectivity index (χ2v) is 15.8. The number of carbonyl (C=O) groups is 3. The fraction of sp³-hybridized carbons (Fsp3) is 0.618. The minimum atomic E-state index is -0.818. The van der Waals surface area contributed by atoms with Gasteiger partial charge in [-0.3, -0.25) is 14.4 Å². The van der Waals surface area contributed by atoms with Crippen LogP contribution in [-0.4, -0.2) is 37.2 Å². The Morgan fingerprint density at radius 3 is 1.21 bits per heavy atom. The van der Waals surface area contributed by atoms with Gasteiger partial charge in [0.2, 0.25) is 0 Å². The summed E-state index contributed by atoms with van der Waals surface area (Å²) in [6.45, 7) is 6.28. The van der Waals surface area contributed by atoms with Gasteiger partial charge in [0.25, 0.3) is 0 Å². The Hall–Kier alpha value is -3.93. The second-order valence-electron chi connectivity index (χ2n) is 15.8. The van der Waals surface area contributed by atoms with Crippen molar-refractivity contribution in [2.75, 3.05) is 13.2 Å². The van der Waals surface area contributed by atoms with Gasteiger partial charge in [0.05, 0.1) is 0 Å². The lowest BCUT2D eigenvalue weighted by atomic mass is 10.1. The van der Waals surface area contributed by atoms with Crippen LogP contribution in [0.2, 0.25) is 0 Å². The largest absolute Gasteiger partial charge is 0.462 e. The van der Waals surface area contributed by atoms with Crippen LogP contribution in [0.15, 0.2) is 109 Å². The minimum Gasteiger partial charge on any atom is -0.462 e. The first-order valence-electron chi connectivity index (χ1n) is 24.5. The van der Waals surface area contributed by atoms with Crippen LogP contribution in [0.4, 0.5) is 0 Å². The lowest BCUT2D eigenvalue weighted by Gasteiger charge is -2.18. The topological polar surface area (TPSA) is 78.9 Å². The number of esters is 3. The van der Waals surface area contributed by atoms with E-state index in [9.17, 15) is 14.4 Å². The summed E-state index contributed by atoms with van der Waals surface area (Å²) in [7, 11) is 0. The quantitative estimate of drug-likeness (QED) is 0.0200. The van der Waals surface area contributed by atoms with Crippen LogP contribution in [0, 0.1) is 0 Å². The van der Waals surface area contributed by atoms with Crippen LogP contribution in [-0.2, 0) is 28.6 Å². The standard InChI is InChI=1S/C55H88O6/c1-4-7-10-13-16-19-22-25-27-29-30-33-36-39-42-45-48-54(57)60-51-52(50-59-53(56)47-44-41-38-35-32-24-21-18-15-12-9-6-3)61-55(58)49-46-43-40-37-34-31-28-26-23-20-17-14-11-8-5-2/h8-9,11-12,14,17-18,20-21,23,26-31,33-34,52H,4-7,10,13,15-16,19,22,24-25,32,35-51H2,1-3H3/b11-8-,12-9-,17-14-,21-18-,23-20-,28-26-,29-27-,33-30-,34-31-. The van der Waals surface area contributed by atoms with Crippen LogP contribution in [0.5, 0.6) is 0 Å². The van der Waals surface area contributed by atoms with Gasteiger partial charge in [-0.25, -0.2) is 0 Å². The van der Waals surface area contributed by atoms with Crippen LogP contribution in [0.25, 0.3) is 0 Å². The van der Waals surface area contributed by atoms with E-state index >= 15 is 0 Å². The van der Waals surface area contributed by atoms with Gasteiger partial charge in [-0.15, -0.1) is 0 Å². The maximum absolute atomic E-state index is 12.8. The molecule has 0 aromatic heterocycles. The Morgan fingerprint density at radius 1 is 0.361 bits per heavy atom. The molecular formula is C55H88O6. The van der Waals surface area contributed by atoms with E-state index in [4.69, 9.17) is 14.2 Å². The SMILES string of the molecule is CC\C=C/C=C\C=C/C=C\C=C/CCCCCC(=O)OC(COC(=O)CCCCC/C=C\C=C/CCCCCCCCC)COC(=O)CCCCCCC/C=C\C/C=C\CC. The highest BCUT2D eigenvalue weighted by Gasteiger charge is 2.19. The van der Waals surface area contributed by atoms with Gasteiger partial charge in [0.15, 0.2) is 6.10 Å². The van der Waals surface area contributed by atoms with Crippen molar-refractivity contribution in [2.45, 2.75) is 207 Å². The molecule has 0 heterocycles. The number of unbranched alkanes of at least 4 members (excludes halogenated alkanes) is 18. The molecule has 0 saturated heterocycles. The van der Waals surface area contributed by atoms with Gasteiger partial charge in [0, 0.05) is 19.3 Å². The van der Waals surface area contributed by atoms with Crippen molar-refractivity contribution in [1.82, 2.24) is 0 Å². The first-order valence-corrected chi connectivity index (χ1v) is 24.5. The van der Waals surface area contributed by atoms with Gasteiger partial charge >= 0.3 is 17.9 Å². The highest BCUT2D eigenvalue weighted by molar-refractivity contribution is 5.71. The molecule has 0 spiro atoms. The Bertz CT molecular complexity index is 1290. The fourth-order valence-corrected chi connectivity index (χ4v) is 6.25. The van der Waals surface area contributed by atoms with Crippen LogP contribution in [0.3, 0.4) is 0 Å². The molecule has 0 fully saturated rings. The number of hydrogen-bond donors (Lipinski definition) is 0. The van der Waals surface area contributed by atoms with E-state index in [1.807, 2.05) is 48.6 Å². The monoisotopic (exact) mass is 845 g/mol. The summed E-state index contributed by atoms with van der Waals surface area (Å²) in [6, 6.07) is 0. The van der Waals surface area contributed by atoms with E-state index in [0.717, 1.165) is 109 Å². The smallest absolute Gasteiger partial charge is 0.306 e. The number of carbonyl (C=O) groups excluding carboxylic acids is 3. The zero-order valence-corrected chi connectivity index (χ0v) is 39.1. The number of allylic oxidation sites excluding steroid dienone is 18. The summed E-state index contributed by atoms with van der Waals surface area (Å²) in [5.74, 6) is -1.01.